The Bertz CT molecular complexity index is 2160. The van der Waals surface area contributed by atoms with Gasteiger partial charge in [0.15, 0.2) is 11.6 Å². The van der Waals surface area contributed by atoms with E-state index in [4.69, 9.17) is 15.2 Å². The van der Waals surface area contributed by atoms with Crippen molar-refractivity contribution in [1.29, 1.82) is 0 Å². The van der Waals surface area contributed by atoms with Crippen molar-refractivity contribution in [3.05, 3.63) is 119 Å². The van der Waals surface area contributed by atoms with Gasteiger partial charge in [0.25, 0.3) is 5.91 Å². The number of nitrogens with two attached hydrogens (primary N) is 1. The van der Waals surface area contributed by atoms with Gasteiger partial charge in [-0.2, -0.15) is 8.78 Å². The number of carbonyl (C=O) groups excluding carboxylic acids is 5. The fourth-order valence-electron chi connectivity index (χ4n) is 7.34. The van der Waals surface area contributed by atoms with Gasteiger partial charge in [-0.1, -0.05) is 62.4 Å². The quantitative estimate of drug-likeness (QED) is 0.135. The predicted octanol–water partition coefficient (Wildman–Crippen LogP) is 5.62. The second-order valence-corrected chi connectivity index (χ2v) is 15.4. The van der Waals surface area contributed by atoms with Crippen LogP contribution in [0, 0.1) is 0 Å². The van der Waals surface area contributed by atoms with Crippen molar-refractivity contribution in [2.45, 2.75) is 33.4 Å². The van der Waals surface area contributed by atoms with Gasteiger partial charge in [-0.3, -0.25) is 24.2 Å². The number of carbonyl (C=O) groups is 5. The topological polar surface area (TPSA) is 161 Å². The van der Waals surface area contributed by atoms with Crippen LogP contribution in [0.2, 0.25) is 0 Å². The van der Waals surface area contributed by atoms with Gasteiger partial charge in [0.1, 0.15) is 11.5 Å². The second kappa shape index (κ2) is 24.6. The molecule has 2 fully saturated rings. The maximum Gasteiger partial charge on any atom is 0.324 e. The Kier molecular flexibility index (Phi) is 18.8. The molecule has 0 bridgehead atoms. The van der Waals surface area contributed by atoms with Crippen molar-refractivity contribution in [3.8, 4) is 11.5 Å². The first kappa shape index (κ1) is 49.6. The van der Waals surface area contributed by atoms with Gasteiger partial charge >= 0.3 is 18.5 Å². The lowest BCUT2D eigenvalue weighted by Gasteiger charge is -2.37. The number of urea groups is 2. The van der Waals surface area contributed by atoms with Crippen molar-refractivity contribution >= 4 is 40.9 Å². The molecule has 2 aliphatic rings. The highest BCUT2D eigenvalue weighted by Gasteiger charge is 2.28. The maximum absolute atomic E-state index is 13.5. The van der Waals surface area contributed by atoms with Crippen LogP contribution < -0.4 is 30.3 Å². The maximum atomic E-state index is 13.5. The monoisotopic (exact) mass is 898 g/mol. The smallest absolute Gasteiger partial charge is 0.324 e. The van der Waals surface area contributed by atoms with Crippen LogP contribution in [-0.2, 0) is 17.9 Å². The van der Waals surface area contributed by atoms with E-state index in [0.29, 0.717) is 49.7 Å². The lowest BCUT2D eigenvalue weighted by atomic mass is 10.1. The van der Waals surface area contributed by atoms with Crippen LogP contribution in [0.5, 0.6) is 11.5 Å². The largest absolute Gasteiger partial charge is 0.497 e. The number of ether oxygens (including phenoxy) is 2. The molecule has 4 aromatic carbocycles. The van der Waals surface area contributed by atoms with Crippen LogP contribution in [0.3, 0.4) is 0 Å². The standard InChI is InChI=1S/C25H30F2N4O4.C23H30N4O3/c1-3-29-12-14-30(15-13-29)25(34)31(20-8-10-21(35-2)11-9-20)17-18-4-6-19(7-5-18)22(32)16-28-24(33)23(26)27;1-3-25-12-14-26(15-13-25)23(29)27(20-8-10-21(30-2)11-9-20)17-18-4-6-19(7-5-18)22(28)16-24/h4-11,23H,3,12-17H2,1-2H3,(H,28,33);4-11H,3,12-17,24H2,1-2H3. The van der Waals surface area contributed by atoms with Crippen LogP contribution in [0.1, 0.15) is 45.7 Å². The third-order valence-electron chi connectivity index (χ3n) is 11.5. The van der Waals surface area contributed by atoms with E-state index in [0.717, 1.165) is 61.8 Å². The molecule has 2 aliphatic heterocycles. The van der Waals surface area contributed by atoms with Crippen LogP contribution in [0.25, 0.3) is 0 Å². The van der Waals surface area contributed by atoms with Crippen molar-refractivity contribution < 1.29 is 42.2 Å². The van der Waals surface area contributed by atoms with Gasteiger partial charge in [-0.15, -0.1) is 0 Å². The molecule has 5 amide bonds. The SMILES string of the molecule is CCN1CCN(C(=O)N(Cc2ccc(C(=O)CN)cc2)c2ccc(OC)cc2)CC1.CCN1CCN(C(=O)N(Cc2ccc(C(=O)CNC(=O)C(F)F)cc2)c2ccc(OC)cc2)CC1. The minimum atomic E-state index is -3.17. The molecular weight excluding hydrogens is 839 g/mol. The number of anilines is 2. The molecule has 0 aromatic heterocycles. The van der Waals surface area contributed by atoms with Crippen molar-refractivity contribution in [1.82, 2.24) is 24.9 Å². The molecule has 65 heavy (non-hydrogen) atoms. The Labute approximate surface area is 379 Å². The van der Waals surface area contributed by atoms with Crippen LogP contribution in [0.15, 0.2) is 97.1 Å². The number of piperazine rings is 2. The summed E-state index contributed by atoms with van der Waals surface area (Å²) in [5.41, 5.74) is 9.55. The molecule has 17 heteroatoms. The second-order valence-electron chi connectivity index (χ2n) is 15.4. The molecule has 0 saturated carbocycles. The summed E-state index contributed by atoms with van der Waals surface area (Å²) < 4.78 is 35.1. The molecule has 0 atom stereocenters. The van der Waals surface area contributed by atoms with E-state index in [9.17, 15) is 32.8 Å². The Hall–Kier alpha value is -6.43. The lowest BCUT2D eigenvalue weighted by molar-refractivity contribution is -0.131. The number of likely N-dealkylation sites (N-methyl/N-ethyl adjacent to an activating group) is 2. The molecule has 2 saturated heterocycles. The van der Waals surface area contributed by atoms with Gasteiger partial charge in [-0.05, 0) is 72.7 Å². The summed E-state index contributed by atoms with van der Waals surface area (Å²) in [4.78, 5) is 73.7. The lowest BCUT2D eigenvalue weighted by Crippen LogP contribution is -2.52. The van der Waals surface area contributed by atoms with Gasteiger partial charge in [0.05, 0.1) is 40.4 Å². The summed E-state index contributed by atoms with van der Waals surface area (Å²) in [6, 6.07) is 28.4. The molecule has 0 unspecified atom stereocenters. The molecule has 3 N–H and O–H groups in total. The average molecular weight is 899 g/mol. The number of halogens is 2. The zero-order valence-corrected chi connectivity index (χ0v) is 37.6. The number of benzene rings is 4. The fraction of sp³-hybridized carbons (Fsp3) is 0.396. The highest BCUT2D eigenvalue weighted by molar-refractivity contribution is 6.00. The Morgan fingerprint density at radius 3 is 1.28 bits per heavy atom. The average Bonchev–Trinajstić information content (AvgIpc) is 3.36. The number of hydrogen-bond donors (Lipinski definition) is 2. The molecule has 348 valence electrons. The van der Waals surface area contributed by atoms with Gasteiger partial charge in [0, 0.05) is 74.9 Å². The van der Waals surface area contributed by atoms with E-state index < -0.39 is 24.7 Å². The highest BCUT2D eigenvalue weighted by Crippen LogP contribution is 2.25. The first-order valence-electron chi connectivity index (χ1n) is 21.7. The number of nitrogens with zero attached hydrogens (tertiary/aromatic N) is 6. The molecule has 4 aromatic rings. The number of Topliss-reactive ketones (excluding diaryl/α,β-unsaturated/α-hetero) is 2. The first-order chi connectivity index (χ1) is 31.4. The summed E-state index contributed by atoms with van der Waals surface area (Å²) in [5, 5.41) is 1.91. The van der Waals surface area contributed by atoms with E-state index in [1.807, 2.05) is 63.6 Å². The van der Waals surface area contributed by atoms with Crippen LogP contribution >= 0.6 is 0 Å². The summed E-state index contributed by atoms with van der Waals surface area (Å²) in [6.45, 7) is 12.4. The summed E-state index contributed by atoms with van der Waals surface area (Å²) in [5.74, 6) is -0.642. The van der Waals surface area contributed by atoms with E-state index in [2.05, 4.69) is 23.6 Å². The molecule has 2 heterocycles. The molecular formula is C48H60F2N8O7. The normalized spacial score (nSPS) is 14.2. The van der Waals surface area contributed by atoms with Crippen LogP contribution in [0.4, 0.5) is 29.7 Å². The summed E-state index contributed by atoms with van der Waals surface area (Å²) in [6.07, 6.45) is -3.17. The molecule has 0 aliphatic carbocycles. The minimum Gasteiger partial charge on any atom is -0.497 e. The third kappa shape index (κ3) is 14.0. The molecule has 6 rings (SSSR count). The van der Waals surface area contributed by atoms with Crippen molar-refractivity contribution in [2.75, 3.05) is 103 Å². The van der Waals surface area contributed by atoms with E-state index in [1.165, 1.54) is 0 Å². The number of hydrogen-bond acceptors (Lipinski definition) is 10. The summed E-state index contributed by atoms with van der Waals surface area (Å²) >= 11 is 0. The van der Waals surface area contributed by atoms with E-state index in [-0.39, 0.29) is 36.5 Å². The van der Waals surface area contributed by atoms with E-state index >= 15 is 0 Å². The van der Waals surface area contributed by atoms with E-state index in [1.54, 1.807) is 72.6 Å². The fourth-order valence-corrected chi connectivity index (χ4v) is 7.34. The third-order valence-corrected chi connectivity index (χ3v) is 11.5. The first-order valence-corrected chi connectivity index (χ1v) is 21.7. The molecule has 0 radical (unpaired) electrons. The number of alkyl halides is 2. The van der Waals surface area contributed by atoms with Crippen molar-refractivity contribution in [2.24, 2.45) is 5.73 Å². The Morgan fingerprint density at radius 2 is 0.954 bits per heavy atom. The highest BCUT2D eigenvalue weighted by atomic mass is 19.3. The van der Waals surface area contributed by atoms with Crippen LogP contribution in [-0.4, -0.2) is 148 Å². The Morgan fingerprint density at radius 1 is 0.585 bits per heavy atom. The number of nitrogens with one attached hydrogen (secondary N) is 1. The Balaban J connectivity index is 0.000000247. The van der Waals surface area contributed by atoms with Crippen molar-refractivity contribution in [3.63, 3.8) is 0 Å². The number of rotatable bonds is 16. The molecule has 0 spiro atoms. The van der Waals surface area contributed by atoms with Gasteiger partial charge < -0.3 is 40.1 Å². The number of amides is 5. The predicted molar refractivity (Wildman–Crippen MR) is 246 cm³/mol. The minimum absolute atomic E-state index is 0.0143. The number of methoxy groups -OCH3 is 2. The zero-order valence-electron chi connectivity index (χ0n) is 37.6. The number of ketones is 2. The van der Waals surface area contributed by atoms with Gasteiger partial charge in [0.2, 0.25) is 0 Å². The summed E-state index contributed by atoms with van der Waals surface area (Å²) in [7, 11) is 3.20. The molecule has 15 nitrogen and oxygen atoms in total. The zero-order chi connectivity index (χ0) is 46.9. The van der Waals surface area contributed by atoms with Gasteiger partial charge in [-0.25, -0.2) is 9.59 Å².